The summed E-state index contributed by atoms with van der Waals surface area (Å²) in [5.74, 6) is 1.04. The van der Waals surface area contributed by atoms with Crippen LogP contribution < -0.4 is 16.2 Å². The number of hydrazone groups is 1. The van der Waals surface area contributed by atoms with Crippen molar-refractivity contribution in [2.24, 2.45) is 5.10 Å². The van der Waals surface area contributed by atoms with Gasteiger partial charge in [-0.25, -0.2) is 5.43 Å². The fraction of sp³-hybridized carbons (Fsp3) is 0.545. The highest BCUT2D eigenvalue weighted by Crippen LogP contribution is 2.35. The van der Waals surface area contributed by atoms with Crippen LogP contribution in [0.15, 0.2) is 35.7 Å². The van der Waals surface area contributed by atoms with Crippen LogP contribution in [0.1, 0.15) is 61.8 Å². The topological polar surface area (TPSA) is 72.0 Å². The van der Waals surface area contributed by atoms with Gasteiger partial charge in [0, 0.05) is 31.8 Å². The van der Waals surface area contributed by atoms with Crippen LogP contribution in [-0.2, 0) is 4.79 Å². The van der Waals surface area contributed by atoms with Crippen molar-refractivity contribution in [3.05, 3.63) is 47.3 Å². The van der Waals surface area contributed by atoms with E-state index in [1.807, 2.05) is 0 Å². The number of carbonyl (C=O) groups excluding carboxylic acids is 1. The molecule has 7 nitrogen and oxygen atoms in total. The zero-order valence-electron chi connectivity index (χ0n) is 17.6. The summed E-state index contributed by atoms with van der Waals surface area (Å²) in [4.78, 5) is 14.2. The number of carbonyl (C=O) groups is 1. The Balaban J connectivity index is 1.36. The van der Waals surface area contributed by atoms with E-state index in [0.717, 1.165) is 31.6 Å². The number of amidine groups is 1. The van der Waals surface area contributed by atoms with Gasteiger partial charge in [-0.05, 0) is 37.8 Å². The number of nitrogens with zero attached hydrogens (tertiary/aromatic N) is 3. The van der Waals surface area contributed by atoms with Gasteiger partial charge in [0.1, 0.15) is 12.0 Å². The third kappa shape index (κ3) is 4.10. The zero-order valence-corrected chi connectivity index (χ0v) is 17.6. The molecule has 0 bridgehead atoms. The van der Waals surface area contributed by atoms with E-state index in [-0.39, 0.29) is 18.1 Å². The minimum atomic E-state index is 0.0979. The summed E-state index contributed by atoms with van der Waals surface area (Å²) in [6.07, 6.45) is 8.49. The first-order chi connectivity index (χ1) is 14.1. The van der Waals surface area contributed by atoms with E-state index >= 15 is 0 Å². The number of rotatable bonds is 7. The summed E-state index contributed by atoms with van der Waals surface area (Å²) in [6, 6.07) is 7.23. The maximum Gasteiger partial charge on any atom is 0.220 e. The summed E-state index contributed by atoms with van der Waals surface area (Å²) in [5.41, 5.74) is 10.9. The van der Waals surface area contributed by atoms with Gasteiger partial charge in [-0.3, -0.25) is 10.2 Å². The lowest BCUT2D eigenvalue weighted by atomic mass is 9.95. The lowest BCUT2D eigenvalue weighted by Gasteiger charge is -2.37. The predicted molar refractivity (Wildman–Crippen MR) is 115 cm³/mol. The first kappa shape index (κ1) is 19.8. The molecule has 0 radical (unpaired) electrons. The summed E-state index contributed by atoms with van der Waals surface area (Å²) in [6.45, 7) is 7.20. The van der Waals surface area contributed by atoms with Gasteiger partial charge in [-0.1, -0.05) is 37.1 Å². The van der Waals surface area contributed by atoms with Crippen molar-refractivity contribution in [3.63, 3.8) is 0 Å². The molecule has 1 fully saturated rings. The van der Waals surface area contributed by atoms with Gasteiger partial charge in [0.2, 0.25) is 5.91 Å². The Hall–Kier alpha value is -2.54. The third-order valence-corrected chi connectivity index (χ3v) is 6.05. The largest absolute Gasteiger partial charge is 0.356 e. The van der Waals surface area contributed by atoms with Gasteiger partial charge in [0.25, 0.3) is 0 Å². The second-order valence-corrected chi connectivity index (χ2v) is 8.26. The molecule has 29 heavy (non-hydrogen) atoms. The quantitative estimate of drug-likeness (QED) is 0.618. The van der Waals surface area contributed by atoms with Crippen molar-refractivity contribution < 1.29 is 4.79 Å². The molecule has 0 saturated carbocycles. The van der Waals surface area contributed by atoms with Crippen molar-refractivity contribution in [1.82, 2.24) is 26.1 Å². The Bertz CT molecular complexity index is 820. The first-order valence-corrected chi connectivity index (χ1v) is 10.7. The van der Waals surface area contributed by atoms with Crippen LogP contribution >= 0.6 is 0 Å². The van der Waals surface area contributed by atoms with Crippen LogP contribution in [0.5, 0.6) is 0 Å². The number of benzene rings is 1. The molecule has 3 aliphatic heterocycles. The van der Waals surface area contributed by atoms with Crippen LogP contribution in [0.4, 0.5) is 0 Å². The van der Waals surface area contributed by atoms with Gasteiger partial charge < -0.3 is 15.2 Å². The third-order valence-electron chi connectivity index (χ3n) is 6.05. The van der Waals surface area contributed by atoms with Crippen molar-refractivity contribution in [2.45, 2.75) is 71.1 Å². The predicted octanol–water partition coefficient (Wildman–Crippen LogP) is 2.65. The Labute approximate surface area is 173 Å². The number of hydrogen-bond donors (Lipinski definition) is 3. The average Bonchev–Trinajstić information content (AvgIpc) is 3.32. The number of unbranched alkanes of at least 4 members (excludes halogenated alkanes) is 1. The molecule has 1 amide bonds. The van der Waals surface area contributed by atoms with Gasteiger partial charge in [-0.2, -0.15) is 5.10 Å². The molecule has 3 heterocycles. The van der Waals surface area contributed by atoms with Gasteiger partial charge in [0.15, 0.2) is 0 Å². The molecule has 1 aromatic rings. The monoisotopic (exact) mass is 396 g/mol. The fourth-order valence-electron chi connectivity index (χ4n) is 4.37. The van der Waals surface area contributed by atoms with Gasteiger partial charge in [-0.15, -0.1) is 0 Å². The smallest absolute Gasteiger partial charge is 0.220 e. The van der Waals surface area contributed by atoms with Crippen LogP contribution in [0.2, 0.25) is 0 Å². The molecule has 0 spiro atoms. The van der Waals surface area contributed by atoms with E-state index in [2.05, 4.69) is 82.5 Å². The molecule has 3 atom stereocenters. The lowest BCUT2D eigenvalue weighted by molar-refractivity contribution is -0.120. The minimum Gasteiger partial charge on any atom is -0.356 e. The van der Waals surface area contributed by atoms with Crippen LogP contribution in [0.3, 0.4) is 0 Å². The maximum absolute atomic E-state index is 12.0. The molecular formula is C22H32N6O. The van der Waals surface area contributed by atoms with E-state index in [0.29, 0.717) is 18.9 Å². The highest BCUT2D eigenvalue weighted by atomic mass is 16.1. The standard InChI is InChI=1S/C22H32N6O/c1-4-5-10-23-21(29)9-8-20-24-25-22-19-14-18(26-28(19)12-11-27(20)22)17-13-15(2)6-7-16(17)3/h6-7,11-13,18-19,22,25-26H,4-5,8-10,14H2,1-3H3,(H,23,29). The van der Waals surface area contributed by atoms with Crippen LogP contribution in [-0.4, -0.2) is 40.4 Å². The Kier molecular flexibility index (Phi) is 5.76. The SMILES string of the molecule is CCCCNC(=O)CCC1=NNC2C3CC(c4cc(C)ccc4C)NN3C=CN12. The van der Waals surface area contributed by atoms with E-state index in [9.17, 15) is 4.79 Å². The molecule has 0 aliphatic carbocycles. The molecule has 7 heteroatoms. The number of hydrazine groups is 1. The number of aryl methyl sites for hydroxylation is 2. The van der Waals surface area contributed by atoms with Crippen LogP contribution in [0.25, 0.3) is 0 Å². The molecular weight excluding hydrogens is 364 g/mol. The van der Waals surface area contributed by atoms with Gasteiger partial charge >= 0.3 is 0 Å². The minimum absolute atomic E-state index is 0.0979. The number of hydrogen-bond acceptors (Lipinski definition) is 6. The Morgan fingerprint density at radius 3 is 3.00 bits per heavy atom. The Morgan fingerprint density at radius 2 is 2.17 bits per heavy atom. The van der Waals surface area contributed by atoms with Crippen molar-refractivity contribution >= 4 is 11.7 Å². The molecule has 4 rings (SSSR count). The maximum atomic E-state index is 12.0. The van der Waals surface area contributed by atoms with E-state index in [1.54, 1.807) is 0 Å². The molecule has 0 aromatic heterocycles. The second kappa shape index (κ2) is 8.45. The molecule has 156 valence electrons. The van der Waals surface area contributed by atoms with E-state index < -0.39 is 0 Å². The van der Waals surface area contributed by atoms with Crippen molar-refractivity contribution in [1.29, 1.82) is 0 Å². The highest BCUT2D eigenvalue weighted by Gasteiger charge is 2.44. The lowest BCUT2D eigenvalue weighted by Crippen LogP contribution is -2.54. The Morgan fingerprint density at radius 1 is 1.31 bits per heavy atom. The van der Waals surface area contributed by atoms with Gasteiger partial charge in [0.05, 0.1) is 12.1 Å². The molecule has 1 saturated heterocycles. The second-order valence-electron chi connectivity index (χ2n) is 8.26. The number of amides is 1. The molecule has 3 unspecified atom stereocenters. The van der Waals surface area contributed by atoms with Crippen molar-refractivity contribution in [3.8, 4) is 0 Å². The first-order valence-electron chi connectivity index (χ1n) is 10.7. The highest BCUT2D eigenvalue weighted by molar-refractivity contribution is 5.89. The number of fused-ring (bicyclic) bond motifs is 3. The normalized spacial score (nSPS) is 24.8. The summed E-state index contributed by atoms with van der Waals surface area (Å²) in [7, 11) is 0. The number of nitrogens with one attached hydrogen (secondary N) is 3. The summed E-state index contributed by atoms with van der Waals surface area (Å²) < 4.78 is 0. The van der Waals surface area contributed by atoms with E-state index in [4.69, 9.17) is 0 Å². The zero-order chi connectivity index (χ0) is 20.4. The average molecular weight is 397 g/mol. The summed E-state index contributed by atoms with van der Waals surface area (Å²) in [5, 5.41) is 9.73. The van der Waals surface area contributed by atoms with Crippen molar-refractivity contribution in [2.75, 3.05) is 6.54 Å². The molecule has 3 aliphatic rings. The fourth-order valence-corrected chi connectivity index (χ4v) is 4.37. The van der Waals surface area contributed by atoms with E-state index in [1.165, 1.54) is 16.7 Å². The van der Waals surface area contributed by atoms with Crippen LogP contribution in [0, 0.1) is 13.8 Å². The summed E-state index contributed by atoms with van der Waals surface area (Å²) >= 11 is 0. The molecule has 1 aromatic carbocycles. The molecule has 3 N–H and O–H groups in total.